The van der Waals surface area contributed by atoms with Crippen LogP contribution in [0.3, 0.4) is 0 Å². The molecule has 0 spiro atoms. The van der Waals surface area contributed by atoms with Crippen molar-refractivity contribution in [1.29, 1.82) is 0 Å². The molecule has 0 fully saturated rings. The second-order valence-corrected chi connectivity index (χ2v) is 4.44. The maximum absolute atomic E-state index is 6.11. The summed E-state index contributed by atoms with van der Waals surface area (Å²) in [5, 5.41) is 2.07. The molecule has 0 aliphatic rings. The van der Waals surface area contributed by atoms with Gasteiger partial charge in [0.05, 0.1) is 15.6 Å². The smallest absolute Gasteiger partial charge is 0.0909 e. The van der Waals surface area contributed by atoms with E-state index < -0.39 is 0 Å². The number of benzene rings is 1. The van der Waals surface area contributed by atoms with Crippen molar-refractivity contribution in [3.8, 4) is 0 Å². The third kappa shape index (κ3) is 1.94. The summed E-state index contributed by atoms with van der Waals surface area (Å²) in [7, 11) is 0. The Bertz CT molecular complexity index is 525. The summed E-state index contributed by atoms with van der Waals surface area (Å²) in [5.41, 5.74) is 2.81. The van der Waals surface area contributed by atoms with Gasteiger partial charge in [-0.1, -0.05) is 29.3 Å². The molecule has 0 saturated carbocycles. The fourth-order valence-electron chi connectivity index (χ4n) is 1.58. The zero-order valence-electron chi connectivity index (χ0n) is 8.09. The number of nitrogens with zero attached hydrogens (tertiary/aromatic N) is 1. The fourth-order valence-corrected chi connectivity index (χ4v) is 2.20. The van der Waals surface area contributed by atoms with Crippen molar-refractivity contribution < 1.29 is 0 Å². The Kier molecular flexibility index (Phi) is 3.10. The minimum atomic E-state index is 0.515. The molecule has 4 heteroatoms. The average Bonchev–Trinajstić information content (AvgIpc) is 2.23. The molecule has 15 heavy (non-hydrogen) atoms. The van der Waals surface area contributed by atoms with E-state index in [0.717, 1.165) is 22.2 Å². The summed E-state index contributed by atoms with van der Waals surface area (Å²) >= 11 is 16.3. The van der Waals surface area contributed by atoms with E-state index in [0.29, 0.717) is 15.8 Å². The van der Waals surface area contributed by atoms with Crippen LogP contribution in [0.5, 0.6) is 0 Å². The zero-order valence-corrected chi connectivity index (χ0v) is 10.5. The highest BCUT2D eigenvalue weighted by atomic mass is 35.5. The summed E-state index contributed by atoms with van der Waals surface area (Å²) in [6.45, 7) is 1.93. The number of hydrogen-bond donors (Lipinski definition) is 1. The standard InChI is InChI=1S/C11H9Cl2NS/c1-6-4-7(5-15)8-2-3-9(12)10(13)11(8)14-6/h2-4,15H,5H2,1H3. The van der Waals surface area contributed by atoms with Gasteiger partial charge < -0.3 is 0 Å². The molecule has 0 unspecified atom stereocenters. The number of thiol groups is 1. The van der Waals surface area contributed by atoms with Crippen LogP contribution in [0.15, 0.2) is 18.2 Å². The van der Waals surface area contributed by atoms with Crippen LogP contribution in [0.2, 0.25) is 10.0 Å². The SMILES string of the molecule is Cc1cc(CS)c2ccc(Cl)c(Cl)c2n1. The maximum Gasteiger partial charge on any atom is 0.0909 e. The molecule has 1 aromatic carbocycles. The number of rotatable bonds is 1. The van der Waals surface area contributed by atoms with Gasteiger partial charge >= 0.3 is 0 Å². The number of aromatic nitrogens is 1. The van der Waals surface area contributed by atoms with Gasteiger partial charge in [-0.3, -0.25) is 4.98 Å². The Hall–Kier alpha value is -0.440. The number of hydrogen-bond acceptors (Lipinski definition) is 2. The van der Waals surface area contributed by atoms with Gasteiger partial charge in [-0.15, -0.1) is 0 Å². The van der Waals surface area contributed by atoms with Crippen molar-refractivity contribution in [1.82, 2.24) is 4.98 Å². The molecule has 0 aliphatic heterocycles. The van der Waals surface area contributed by atoms with Crippen LogP contribution < -0.4 is 0 Å². The molecule has 1 aromatic heterocycles. The fraction of sp³-hybridized carbons (Fsp3) is 0.182. The van der Waals surface area contributed by atoms with E-state index in [4.69, 9.17) is 23.2 Å². The van der Waals surface area contributed by atoms with Crippen molar-refractivity contribution in [2.75, 3.05) is 0 Å². The number of aryl methyl sites for hydroxylation is 1. The van der Waals surface area contributed by atoms with E-state index in [1.54, 1.807) is 6.07 Å². The molecule has 0 bridgehead atoms. The zero-order chi connectivity index (χ0) is 11.0. The van der Waals surface area contributed by atoms with Gasteiger partial charge in [0.1, 0.15) is 0 Å². The monoisotopic (exact) mass is 257 g/mol. The molecule has 0 amide bonds. The molecule has 78 valence electrons. The second-order valence-electron chi connectivity index (χ2n) is 3.34. The van der Waals surface area contributed by atoms with Crippen molar-refractivity contribution in [2.24, 2.45) is 0 Å². The third-order valence-electron chi connectivity index (χ3n) is 2.26. The molecule has 0 atom stereocenters. The molecule has 2 rings (SSSR count). The predicted octanol–water partition coefficient (Wildman–Crippen LogP) is 4.28. The Morgan fingerprint density at radius 3 is 2.73 bits per heavy atom. The first-order chi connectivity index (χ1) is 7.13. The molecule has 2 aromatic rings. The molecule has 0 aliphatic carbocycles. The number of pyridine rings is 1. The van der Waals surface area contributed by atoms with Gasteiger partial charge in [-0.05, 0) is 24.6 Å². The highest BCUT2D eigenvalue weighted by molar-refractivity contribution is 7.79. The maximum atomic E-state index is 6.11. The van der Waals surface area contributed by atoms with Crippen LogP contribution >= 0.6 is 35.8 Å². The Balaban J connectivity index is 2.89. The quantitative estimate of drug-likeness (QED) is 0.753. The Labute approximate surface area is 104 Å². The minimum Gasteiger partial charge on any atom is -0.251 e. The average molecular weight is 258 g/mol. The normalized spacial score (nSPS) is 10.9. The first kappa shape index (κ1) is 11.1. The summed E-state index contributed by atoms with van der Waals surface area (Å²) in [6, 6.07) is 5.73. The van der Waals surface area contributed by atoms with Gasteiger partial charge in [0, 0.05) is 16.8 Å². The summed E-state index contributed by atoms with van der Waals surface area (Å²) in [5.74, 6) is 0.665. The van der Waals surface area contributed by atoms with E-state index in [-0.39, 0.29) is 0 Å². The lowest BCUT2D eigenvalue weighted by Gasteiger charge is -2.07. The second kappa shape index (κ2) is 4.20. The summed E-state index contributed by atoms with van der Waals surface area (Å²) < 4.78 is 0. The van der Waals surface area contributed by atoms with Crippen LogP contribution in [0.25, 0.3) is 10.9 Å². The third-order valence-corrected chi connectivity index (χ3v) is 3.39. The van der Waals surface area contributed by atoms with E-state index in [1.807, 2.05) is 19.1 Å². The van der Waals surface area contributed by atoms with E-state index >= 15 is 0 Å². The summed E-state index contributed by atoms with van der Waals surface area (Å²) in [4.78, 5) is 4.39. The molecule has 0 N–H and O–H groups in total. The number of fused-ring (bicyclic) bond motifs is 1. The topological polar surface area (TPSA) is 12.9 Å². The lowest BCUT2D eigenvalue weighted by Crippen LogP contribution is -1.90. The van der Waals surface area contributed by atoms with Crippen molar-refractivity contribution in [3.05, 3.63) is 39.5 Å². The van der Waals surface area contributed by atoms with Crippen LogP contribution in [-0.2, 0) is 5.75 Å². The van der Waals surface area contributed by atoms with Crippen LogP contribution in [0.4, 0.5) is 0 Å². The van der Waals surface area contributed by atoms with Gasteiger partial charge in [0.25, 0.3) is 0 Å². The van der Waals surface area contributed by atoms with Crippen molar-refractivity contribution in [3.63, 3.8) is 0 Å². The van der Waals surface area contributed by atoms with Crippen molar-refractivity contribution >= 4 is 46.7 Å². The highest BCUT2D eigenvalue weighted by Crippen LogP contribution is 2.31. The van der Waals surface area contributed by atoms with Gasteiger partial charge in [-0.25, -0.2) is 0 Å². The first-order valence-corrected chi connectivity index (χ1v) is 5.87. The predicted molar refractivity (Wildman–Crippen MR) is 69.2 cm³/mol. The first-order valence-electron chi connectivity index (χ1n) is 4.48. The van der Waals surface area contributed by atoms with Gasteiger partial charge in [0.15, 0.2) is 0 Å². The van der Waals surface area contributed by atoms with Gasteiger partial charge in [0.2, 0.25) is 0 Å². The Morgan fingerprint density at radius 1 is 1.33 bits per heavy atom. The largest absolute Gasteiger partial charge is 0.251 e. The lowest BCUT2D eigenvalue weighted by molar-refractivity contribution is 1.23. The van der Waals surface area contributed by atoms with Crippen LogP contribution in [0.1, 0.15) is 11.3 Å². The van der Waals surface area contributed by atoms with Crippen molar-refractivity contribution in [2.45, 2.75) is 12.7 Å². The molecule has 0 radical (unpaired) electrons. The minimum absolute atomic E-state index is 0.515. The molecular formula is C11H9Cl2NS. The van der Waals surface area contributed by atoms with E-state index in [1.165, 1.54) is 0 Å². The van der Waals surface area contributed by atoms with Crippen LogP contribution in [0, 0.1) is 6.92 Å². The van der Waals surface area contributed by atoms with Crippen LogP contribution in [-0.4, -0.2) is 4.98 Å². The van der Waals surface area contributed by atoms with E-state index in [9.17, 15) is 0 Å². The summed E-state index contributed by atoms with van der Waals surface area (Å²) in [6.07, 6.45) is 0. The van der Waals surface area contributed by atoms with Gasteiger partial charge in [-0.2, -0.15) is 12.6 Å². The van der Waals surface area contributed by atoms with E-state index in [2.05, 4.69) is 17.6 Å². The lowest BCUT2D eigenvalue weighted by atomic mass is 10.1. The number of halogens is 2. The molecule has 1 nitrogen and oxygen atoms in total. The Morgan fingerprint density at radius 2 is 2.07 bits per heavy atom. The molecule has 0 saturated heterocycles. The highest BCUT2D eigenvalue weighted by Gasteiger charge is 2.08. The molecule has 1 heterocycles. The molecular weight excluding hydrogens is 249 g/mol.